The summed E-state index contributed by atoms with van der Waals surface area (Å²) in [6.45, 7) is -0.635. The van der Waals surface area contributed by atoms with Crippen LogP contribution < -0.4 is 5.43 Å². The number of carbonyl (C=O) groups excluding carboxylic acids is 1. The fourth-order valence-electron chi connectivity index (χ4n) is 2.38. The summed E-state index contributed by atoms with van der Waals surface area (Å²) in [5.41, 5.74) is 2.53. The average molecular weight is 364 g/mol. The number of nitrogens with zero attached hydrogens (tertiary/aromatic N) is 3. The third kappa shape index (κ3) is 3.71. The second kappa shape index (κ2) is 6.95. The van der Waals surface area contributed by atoms with Crippen LogP contribution in [0.5, 0.6) is 0 Å². The Bertz CT molecular complexity index is 978. The van der Waals surface area contributed by atoms with Gasteiger partial charge in [0.1, 0.15) is 12.4 Å². The van der Waals surface area contributed by atoms with Gasteiger partial charge in [0.2, 0.25) is 5.82 Å². The number of hydrogen-bond acceptors (Lipinski definition) is 3. The van der Waals surface area contributed by atoms with Crippen molar-refractivity contribution in [2.24, 2.45) is 5.10 Å². The predicted octanol–water partition coefficient (Wildman–Crippen LogP) is 3.34. The number of aromatic nitrogens is 2. The number of hydrazone groups is 1. The molecule has 5 nitrogen and oxygen atoms in total. The molecule has 0 aliphatic carbocycles. The SMILES string of the molecule is O=C(Cn1c(C(F)(F)F)nc2ccccc21)N/N=C/c1ccccc1F. The number of amides is 1. The van der Waals surface area contributed by atoms with Gasteiger partial charge in [0, 0.05) is 5.56 Å². The van der Waals surface area contributed by atoms with Gasteiger partial charge in [0.05, 0.1) is 17.2 Å². The Labute approximate surface area is 145 Å². The lowest BCUT2D eigenvalue weighted by Crippen LogP contribution is -2.26. The van der Waals surface area contributed by atoms with Crippen molar-refractivity contribution < 1.29 is 22.4 Å². The number of hydrogen-bond donors (Lipinski definition) is 1. The van der Waals surface area contributed by atoms with Crippen LogP contribution in [-0.2, 0) is 17.5 Å². The molecule has 1 aromatic heterocycles. The monoisotopic (exact) mass is 364 g/mol. The summed E-state index contributed by atoms with van der Waals surface area (Å²) in [7, 11) is 0. The Morgan fingerprint density at radius 2 is 1.85 bits per heavy atom. The van der Waals surface area contributed by atoms with E-state index in [1.165, 1.54) is 30.3 Å². The molecule has 134 valence electrons. The van der Waals surface area contributed by atoms with Gasteiger partial charge in [-0.25, -0.2) is 14.8 Å². The normalized spacial score (nSPS) is 12.0. The van der Waals surface area contributed by atoms with Gasteiger partial charge in [0.25, 0.3) is 5.91 Å². The molecule has 0 saturated carbocycles. The minimum absolute atomic E-state index is 0.127. The van der Waals surface area contributed by atoms with E-state index in [2.05, 4.69) is 15.5 Å². The number of imidazole rings is 1. The van der Waals surface area contributed by atoms with Gasteiger partial charge in [-0.15, -0.1) is 0 Å². The number of halogens is 4. The van der Waals surface area contributed by atoms with Crippen LogP contribution in [0.4, 0.5) is 17.6 Å². The highest BCUT2D eigenvalue weighted by Gasteiger charge is 2.37. The van der Waals surface area contributed by atoms with Crippen LogP contribution in [0.2, 0.25) is 0 Å². The topological polar surface area (TPSA) is 59.3 Å². The molecule has 1 amide bonds. The van der Waals surface area contributed by atoms with Crippen LogP contribution >= 0.6 is 0 Å². The van der Waals surface area contributed by atoms with E-state index in [0.717, 1.165) is 10.8 Å². The highest BCUT2D eigenvalue weighted by atomic mass is 19.4. The summed E-state index contributed by atoms with van der Waals surface area (Å²) in [6.07, 6.45) is -3.64. The van der Waals surface area contributed by atoms with Crippen molar-refractivity contribution in [2.45, 2.75) is 12.7 Å². The van der Waals surface area contributed by atoms with E-state index in [1.807, 2.05) is 0 Å². The van der Waals surface area contributed by atoms with E-state index < -0.39 is 30.3 Å². The van der Waals surface area contributed by atoms with E-state index >= 15 is 0 Å². The molecule has 0 radical (unpaired) electrons. The largest absolute Gasteiger partial charge is 0.449 e. The fraction of sp³-hybridized carbons (Fsp3) is 0.118. The zero-order valence-corrected chi connectivity index (χ0v) is 13.2. The van der Waals surface area contributed by atoms with Gasteiger partial charge in [-0.05, 0) is 18.2 Å². The summed E-state index contributed by atoms with van der Waals surface area (Å²) in [4.78, 5) is 15.5. The first-order valence-corrected chi connectivity index (χ1v) is 7.45. The van der Waals surface area contributed by atoms with E-state index in [1.54, 1.807) is 18.2 Å². The summed E-state index contributed by atoms with van der Waals surface area (Å²) in [5, 5.41) is 3.58. The van der Waals surface area contributed by atoms with Crippen LogP contribution in [0.1, 0.15) is 11.4 Å². The molecule has 2 aromatic carbocycles. The third-order valence-electron chi connectivity index (χ3n) is 3.51. The first kappa shape index (κ1) is 17.6. The maximum Gasteiger partial charge on any atom is 0.449 e. The minimum atomic E-state index is -4.71. The van der Waals surface area contributed by atoms with E-state index in [9.17, 15) is 22.4 Å². The lowest BCUT2D eigenvalue weighted by molar-refractivity contribution is -0.147. The van der Waals surface area contributed by atoms with Crippen molar-refractivity contribution in [3.8, 4) is 0 Å². The van der Waals surface area contributed by atoms with Crippen LogP contribution in [0, 0.1) is 5.82 Å². The zero-order valence-electron chi connectivity index (χ0n) is 13.2. The van der Waals surface area contributed by atoms with E-state index in [0.29, 0.717) is 0 Å². The lowest BCUT2D eigenvalue weighted by atomic mass is 10.2. The standard InChI is InChI=1S/C17H12F4N4O/c18-12-6-2-1-5-11(12)9-22-24-15(26)10-25-14-8-4-3-7-13(14)23-16(25)17(19,20)21/h1-9H,10H2,(H,24,26)/b22-9+. The quantitative estimate of drug-likeness (QED) is 0.439. The van der Waals surface area contributed by atoms with Crippen LogP contribution in [0.3, 0.4) is 0 Å². The Morgan fingerprint density at radius 3 is 2.58 bits per heavy atom. The average Bonchev–Trinajstić information content (AvgIpc) is 2.96. The Balaban J connectivity index is 1.80. The molecule has 0 atom stereocenters. The summed E-state index contributed by atoms with van der Waals surface area (Å²) >= 11 is 0. The van der Waals surface area contributed by atoms with Crippen molar-refractivity contribution in [3.05, 3.63) is 65.7 Å². The molecule has 3 rings (SSSR count). The van der Waals surface area contributed by atoms with Gasteiger partial charge >= 0.3 is 6.18 Å². The molecule has 9 heteroatoms. The Morgan fingerprint density at radius 1 is 1.15 bits per heavy atom. The van der Waals surface area contributed by atoms with Gasteiger partial charge in [-0.2, -0.15) is 18.3 Å². The molecule has 3 aromatic rings. The summed E-state index contributed by atoms with van der Waals surface area (Å²) in [6, 6.07) is 11.7. The molecule has 0 unspecified atom stereocenters. The molecule has 0 saturated heterocycles. The highest BCUT2D eigenvalue weighted by molar-refractivity contribution is 5.84. The van der Waals surface area contributed by atoms with Gasteiger partial charge in [-0.1, -0.05) is 30.3 Å². The molecule has 1 N–H and O–H groups in total. The highest BCUT2D eigenvalue weighted by Crippen LogP contribution is 2.31. The predicted molar refractivity (Wildman–Crippen MR) is 86.9 cm³/mol. The zero-order chi connectivity index (χ0) is 18.7. The molecule has 0 aliphatic rings. The summed E-state index contributed by atoms with van der Waals surface area (Å²) in [5.74, 6) is -2.51. The van der Waals surface area contributed by atoms with Crippen molar-refractivity contribution >= 4 is 23.2 Å². The lowest BCUT2D eigenvalue weighted by Gasteiger charge is -2.10. The number of nitrogens with one attached hydrogen (secondary N) is 1. The van der Waals surface area contributed by atoms with E-state index in [-0.39, 0.29) is 16.6 Å². The van der Waals surface area contributed by atoms with Gasteiger partial charge in [0.15, 0.2) is 0 Å². The second-order valence-corrected chi connectivity index (χ2v) is 5.32. The number of para-hydroxylation sites is 2. The van der Waals surface area contributed by atoms with Crippen LogP contribution in [0.25, 0.3) is 11.0 Å². The maximum absolute atomic E-state index is 13.4. The number of rotatable bonds is 4. The molecule has 1 heterocycles. The van der Waals surface area contributed by atoms with Crippen molar-refractivity contribution in [1.82, 2.24) is 15.0 Å². The Hall–Kier alpha value is -3.23. The first-order valence-electron chi connectivity index (χ1n) is 7.45. The van der Waals surface area contributed by atoms with Crippen molar-refractivity contribution in [3.63, 3.8) is 0 Å². The molecular weight excluding hydrogens is 352 g/mol. The number of benzene rings is 2. The number of alkyl halides is 3. The second-order valence-electron chi connectivity index (χ2n) is 5.32. The summed E-state index contributed by atoms with van der Waals surface area (Å²) < 4.78 is 53.7. The molecule has 26 heavy (non-hydrogen) atoms. The molecule has 0 aliphatic heterocycles. The van der Waals surface area contributed by atoms with Gasteiger partial charge in [-0.3, -0.25) is 4.79 Å². The fourth-order valence-corrected chi connectivity index (χ4v) is 2.38. The Kier molecular flexibility index (Phi) is 4.70. The number of fused-ring (bicyclic) bond motifs is 1. The smallest absolute Gasteiger partial charge is 0.311 e. The molecule has 0 spiro atoms. The van der Waals surface area contributed by atoms with Crippen LogP contribution in [-0.4, -0.2) is 21.7 Å². The molecule has 0 fully saturated rings. The third-order valence-corrected chi connectivity index (χ3v) is 3.51. The van der Waals surface area contributed by atoms with E-state index in [4.69, 9.17) is 0 Å². The van der Waals surface area contributed by atoms with Crippen LogP contribution in [0.15, 0.2) is 53.6 Å². The first-order chi connectivity index (χ1) is 12.4. The molecular formula is C17H12F4N4O. The van der Waals surface area contributed by atoms with Crippen molar-refractivity contribution in [1.29, 1.82) is 0 Å². The maximum atomic E-state index is 13.4. The van der Waals surface area contributed by atoms with Gasteiger partial charge < -0.3 is 4.57 Å². The number of carbonyl (C=O) groups is 1. The minimum Gasteiger partial charge on any atom is -0.311 e. The van der Waals surface area contributed by atoms with Crippen molar-refractivity contribution in [2.75, 3.05) is 0 Å². The molecule has 0 bridgehead atoms.